The lowest BCUT2D eigenvalue weighted by atomic mass is 10.1. The normalized spacial score (nSPS) is 14.8. The highest BCUT2D eigenvalue weighted by molar-refractivity contribution is 6.30. The number of carbonyl (C=O) groups excluding carboxylic acids is 2. The Kier molecular flexibility index (Phi) is 6.48. The van der Waals surface area contributed by atoms with Crippen LogP contribution in [0.15, 0.2) is 48.5 Å². The van der Waals surface area contributed by atoms with Crippen molar-refractivity contribution in [2.75, 3.05) is 32.7 Å². The number of piperazine rings is 1. The Bertz CT molecular complexity index is 782. The van der Waals surface area contributed by atoms with Crippen molar-refractivity contribution in [2.45, 2.75) is 13.5 Å². The van der Waals surface area contributed by atoms with Crippen molar-refractivity contribution in [3.8, 4) is 0 Å². The minimum absolute atomic E-state index is 0.0267. The van der Waals surface area contributed by atoms with Gasteiger partial charge in [0.1, 0.15) is 0 Å². The van der Waals surface area contributed by atoms with Gasteiger partial charge in [0.25, 0.3) is 11.8 Å². The Morgan fingerprint density at radius 2 is 1.52 bits per heavy atom. The van der Waals surface area contributed by atoms with Crippen LogP contribution in [-0.4, -0.2) is 54.3 Å². The van der Waals surface area contributed by atoms with Crippen LogP contribution in [0.5, 0.6) is 0 Å². The van der Waals surface area contributed by atoms with E-state index in [-0.39, 0.29) is 11.8 Å². The summed E-state index contributed by atoms with van der Waals surface area (Å²) in [6.07, 6.45) is 0. The van der Waals surface area contributed by atoms with Crippen molar-refractivity contribution in [1.82, 2.24) is 15.1 Å². The quantitative estimate of drug-likeness (QED) is 0.860. The zero-order valence-corrected chi connectivity index (χ0v) is 16.2. The molecule has 0 aliphatic carbocycles. The second-order valence-electron chi connectivity index (χ2n) is 6.61. The smallest absolute Gasteiger partial charge is 0.253 e. The minimum Gasteiger partial charge on any atom is -0.348 e. The number of amides is 2. The highest BCUT2D eigenvalue weighted by Gasteiger charge is 2.21. The van der Waals surface area contributed by atoms with E-state index in [2.05, 4.69) is 17.1 Å². The average Bonchev–Trinajstić information content (AvgIpc) is 2.73. The van der Waals surface area contributed by atoms with Crippen molar-refractivity contribution in [3.63, 3.8) is 0 Å². The van der Waals surface area contributed by atoms with Crippen molar-refractivity contribution in [2.24, 2.45) is 0 Å². The maximum atomic E-state index is 12.6. The highest BCUT2D eigenvalue weighted by atomic mass is 35.5. The summed E-state index contributed by atoms with van der Waals surface area (Å²) < 4.78 is 0. The first-order chi connectivity index (χ1) is 13.1. The summed E-state index contributed by atoms with van der Waals surface area (Å²) in [5, 5.41) is 3.54. The molecule has 1 aliphatic rings. The molecule has 2 aromatic rings. The Labute approximate surface area is 164 Å². The van der Waals surface area contributed by atoms with Gasteiger partial charge in [0.05, 0.1) is 0 Å². The fraction of sp³-hybridized carbons (Fsp3) is 0.333. The summed E-state index contributed by atoms with van der Waals surface area (Å²) in [5.41, 5.74) is 2.14. The van der Waals surface area contributed by atoms with Crippen molar-refractivity contribution >= 4 is 23.4 Å². The SMILES string of the molecule is CCN1CCN(C(=O)c2ccc(C(=O)NCc3ccc(Cl)cc3)cc2)CC1. The number of rotatable bonds is 5. The predicted octanol–water partition coefficient (Wildman–Crippen LogP) is 3.05. The third-order valence-corrected chi connectivity index (χ3v) is 5.12. The fourth-order valence-electron chi connectivity index (χ4n) is 3.10. The standard InChI is InChI=1S/C21H24ClN3O2/c1-2-24-11-13-25(14-12-24)21(27)18-7-5-17(6-8-18)20(26)23-15-16-3-9-19(22)10-4-16/h3-10H,2,11-15H2,1H3,(H,23,26). The molecule has 1 aliphatic heterocycles. The van der Waals surface area contributed by atoms with Gasteiger partial charge in [-0.1, -0.05) is 30.7 Å². The first kappa shape index (κ1) is 19.4. The molecule has 0 unspecified atom stereocenters. The van der Waals surface area contributed by atoms with Crippen LogP contribution in [-0.2, 0) is 6.54 Å². The number of halogens is 1. The Hall–Kier alpha value is -2.37. The zero-order valence-electron chi connectivity index (χ0n) is 15.5. The number of nitrogens with zero attached hydrogens (tertiary/aromatic N) is 2. The average molecular weight is 386 g/mol. The van der Waals surface area contributed by atoms with Crippen LogP contribution >= 0.6 is 11.6 Å². The first-order valence-corrected chi connectivity index (χ1v) is 9.59. The molecule has 0 spiro atoms. The van der Waals surface area contributed by atoms with E-state index in [4.69, 9.17) is 11.6 Å². The first-order valence-electron chi connectivity index (χ1n) is 9.21. The Morgan fingerprint density at radius 3 is 2.11 bits per heavy atom. The van der Waals surface area contributed by atoms with E-state index in [1.54, 1.807) is 36.4 Å². The summed E-state index contributed by atoms with van der Waals surface area (Å²) in [5.74, 6) is -0.139. The molecular formula is C21H24ClN3O2. The molecule has 27 heavy (non-hydrogen) atoms. The maximum absolute atomic E-state index is 12.6. The molecule has 2 amide bonds. The molecule has 0 saturated carbocycles. The van der Waals surface area contributed by atoms with Gasteiger partial charge < -0.3 is 15.1 Å². The van der Waals surface area contributed by atoms with Crippen LogP contribution in [0.2, 0.25) is 5.02 Å². The number of nitrogens with one attached hydrogen (secondary N) is 1. The number of likely N-dealkylation sites (N-methyl/N-ethyl adjacent to an activating group) is 1. The molecule has 142 valence electrons. The van der Waals surface area contributed by atoms with Gasteiger partial charge >= 0.3 is 0 Å². The van der Waals surface area contributed by atoms with Crippen molar-refractivity contribution in [1.29, 1.82) is 0 Å². The predicted molar refractivity (Wildman–Crippen MR) is 107 cm³/mol. The summed E-state index contributed by atoms with van der Waals surface area (Å²) >= 11 is 5.86. The molecule has 0 radical (unpaired) electrons. The van der Waals surface area contributed by atoms with Crippen LogP contribution in [0.25, 0.3) is 0 Å². The van der Waals surface area contributed by atoms with Crippen LogP contribution in [0.1, 0.15) is 33.2 Å². The summed E-state index contributed by atoms with van der Waals surface area (Å²) in [6.45, 7) is 6.89. The third kappa shape index (κ3) is 5.08. The molecule has 5 nitrogen and oxygen atoms in total. The number of hydrogen-bond acceptors (Lipinski definition) is 3. The van der Waals surface area contributed by atoms with Crippen molar-refractivity contribution < 1.29 is 9.59 Å². The molecule has 1 heterocycles. The number of carbonyl (C=O) groups is 2. The minimum atomic E-state index is -0.166. The number of hydrogen-bond donors (Lipinski definition) is 1. The van der Waals surface area contributed by atoms with Gasteiger partial charge in [0.2, 0.25) is 0 Å². The second kappa shape index (κ2) is 9.02. The van der Waals surface area contributed by atoms with E-state index in [1.165, 1.54) is 0 Å². The van der Waals surface area contributed by atoms with Gasteiger partial charge in [-0.3, -0.25) is 9.59 Å². The largest absolute Gasteiger partial charge is 0.348 e. The van der Waals surface area contributed by atoms with Crippen LogP contribution < -0.4 is 5.32 Å². The van der Waals surface area contributed by atoms with E-state index in [9.17, 15) is 9.59 Å². The van der Waals surface area contributed by atoms with Gasteiger partial charge in [-0.2, -0.15) is 0 Å². The fourth-order valence-corrected chi connectivity index (χ4v) is 3.23. The molecule has 1 N–H and O–H groups in total. The summed E-state index contributed by atoms with van der Waals surface area (Å²) in [7, 11) is 0. The lowest BCUT2D eigenvalue weighted by Crippen LogP contribution is -2.48. The van der Waals surface area contributed by atoms with E-state index in [0.717, 1.165) is 38.3 Å². The molecule has 0 atom stereocenters. The molecule has 2 aromatic carbocycles. The van der Waals surface area contributed by atoms with Gasteiger partial charge in [-0.25, -0.2) is 0 Å². The van der Waals surface area contributed by atoms with Crippen LogP contribution in [0.4, 0.5) is 0 Å². The zero-order chi connectivity index (χ0) is 19.2. The van der Waals surface area contributed by atoms with Crippen molar-refractivity contribution in [3.05, 3.63) is 70.2 Å². The van der Waals surface area contributed by atoms with Crippen LogP contribution in [0, 0.1) is 0 Å². The molecule has 1 fully saturated rings. The Balaban J connectivity index is 1.55. The van der Waals surface area contributed by atoms with E-state index < -0.39 is 0 Å². The highest BCUT2D eigenvalue weighted by Crippen LogP contribution is 2.12. The molecule has 6 heteroatoms. The summed E-state index contributed by atoms with van der Waals surface area (Å²) in [6, 6.07) is 14.2. The topological polar surface area (TPSA) is 52.7 Å². The second-order valence-corrected chi connectivity index (χ2v) is 7.05. The van der Waals surface area contributed by atoms with Crippen LogP contribution in [0.3, 0.4) is 0 Å². The molecule has 1 saturated heterocycles. The molecular weight excluding hydrogens is 362 g/mol. The van der Waals surface area contributed by atoms with Gasteiger partial charge in [0, 0.05) is 48.9 Å². The van der Waals surface area contributed by atoms with Gasteiger partial charge in [-0.05, 0) is 48.5 Å². The molecule has 3 rings (SSSR count). The lowest BCUT2D eigenvalue weighted by Gasteiger charge is -2.34. The number of benzene rings is 2. The van der Waals surface area contributed by atoms with E-state index >= 15 is 0 Å². The maximum Gasteiger partial charge on any atom is 0.253 e. The monoisotopic (exact) mass is 385 g/mol. The van der Waals surface area contributed by atoms with E-state index in [0.29, 0.717) is 22.7 Å². The van der Waals surface area contributed by atoms with E-state index in [1.807, 2.05) is 17.0 Å². The molecule has 0 aromatic heterocycles. The summed E-state index contributed by atoms with van der Waals surface area (Å²) in [4.78, 5) is 29.1. The Morgan fingerprint density at radius 1 is 0.926 bits per heavy atom. The third-order valence-electron chi connectivity index (χ3n) is 4.87. The van der Waals surface area contributed by atoms with Gasteiger partial charge in [0.15, 0.2) is 0 Å². The molecule has 0 bridgehead atoms. The lowest BCUT2D eigenvalue weighted by molar-refractivity contribution is 0.0643. The van der Waals surface area contributed by atoms with Gasteiger partial charge in [-0.15, -0.1) is 0 Å².